The number of hydrogen-bond donors (Lipinski definition) is 1. The first-order valence-corrected chi connectivity index (χ1v) is 9.39. The summed E-state index contributed by atoms with van der Waals surface area (Å²) in [5.41, 5.74) is 2.85. The van der Waals surface area contributed by atoms with Crippen molar-refractivity contribution < 1.29 is 9.53 Å². The fourth-order valence-electron chi connectivity index (χ4n) is 3.25. The second kappa shape index (κ2) is 9.24. The van der Waals surface area contributed by atoms with E-state index in [2.05, 4.69) is 28.1 Å². The van der Waals surface area contributed by atoms with Gasteiger partial charge in [-0.1, -0.05) is 31.2 Å². The minimum Gasteiger partial charge on any atom is -0.497 e. The van der Waals surface area contributed by atoms with Gasteiger partial charge in [0.05, 0.1) is 18.5 Å². The molecule has 1 aliphatic heterocycles. The van der Waals surface area contributed by atoms with Crippen molar-refractivity contribution in [1.82, 2.24) is 4.90 Å². The number of anilines is 2. The Labute approximate surface area is 161 Å². The first-order valence-electron chi connectivity index (χ1n) is 9.39. The van der Waals surface area contributed by atoms with Crippen LogP contribution in [-0.2, 0) is 4.79 Å². The van der Waals surface area contributed by atoms with Crippen LogP contribution in [0.3, 0.4) is 0 Å². The molecular weight excluding hydrogens is 338 g/mol. The van der Waals surface area contributed by atoms with Crippen LogP contribution in [0.4, 0.5) is 11.4 Å². The number of likely N-dealkylation sites (N-methyl/N-ethyl adjacent to an activating group) is 1. The van der Waals surface area contributed by atoms with Crippen LogP contribution in [0, 0.1) is 0 Å². The Kier molecular flexibility index (Phi) is 6.49. The molecule has 0 aromatic heterocycles. The van der Waals surface area contributed by atoms with Crippen molar-refractivity contribution in [2.75, 3.05) is 50.1 Å². The third-order valence-electron chi connectivity index (χ3n) is 4.84. The van der Waals surface area contributed by atoms with E-state index in [0.717, 1.165) is 55.4 Å². The van der Waals surface area contributed by atoms with Gasteiger partial charge in [-0.05, 0) is 42.4 Å². The van der Waals surface area contributed by atoms with Crippen LogP contribution >= 0.6 is 0 Å². The van der Waals surface area contributed by atoms with Crippen LogP contribution < -0.4 is 15.0 Å². The quantitative estimate of drug-likeness (QED) is 0.796. The van der Waals surface area contributed by atoms with E-state index in [1.807, 2.05) is 42.5 Å². The van der Waals surface area contributed by atoms with Gasteiger partial charge in [-0.15, -0.1) is 0 Å². The molecule has 5 heteroatoms. The van der Waals surface area contributed by atoms with Gasteiger partial charge in [0.1, 0.15) is 5.75 Å². The van der Waals surface area contributed by atoms with Crippen molar-refractivity contribution in [3.05, 3.63) is 60.2 Å². The lowest BCUT2D eigenvalue weighted by Crippen LogP contribution is -2.46. The molecule has 0 saturated carbocycles. The molecule has 3 rings (SSSR count). The first kappa shape index (κ1) is 19.0. The van der Waals surface area contributed by atoms with Gasteiger partial charge >= 0.3 is 0 Å². The van der Waals surface area contributed by atoms with E-state index in [1.165, 1.54) is 0 Å². The molecule has 0 radical (unpaired) electrons. The number of hydrogen-bond acceptors (Lipinski definition) is 4. The predicted octanol–water partition coefficient (Wildman–Crippen LogP) is 3.49. The number of carbonyl (C=O) groups excluding carboxylic acids is 1. The number of carbonyl (C=O) groups is 1. The molecule has 0 aliphatic carbocycles. The van der Waals surface area contributed by atoms with E-state index >= 15 is 0 Å². The van der Waals surface area contributed by atoms with Crippen LogP contribution in [0.25, 0.3) is 6.08 Å². The Morgan fingerprint density at radius 3 is 2.63 bits per heavy atom. The lowest BCUT2D eigenvalue weighted by Gasteiger charge is -2.36. The number of para-hydroxylation sites is 2. The largest absolute Gasteiger partial charge is 0.497 e. The second-order valence-corrected chi connectivity index (χ2v) is 6.54. The molecule has 0 atom stereocenters. The molecule has 2 aromatic rings. The molecule has 2 aromatic carbocycles. The summed E-state index contributed by atoms with van der Waals surface area (Å²) in [7, 11) is 1.63. The molecule has 142 valence electrons. The lowest BCUT2D eigenvalue weighted by atomic mass is 10.2. The zero-order valence-corrected chi connectivity index (χ0v) is 16.0. The van der Waals surface area contributed by atoms with E-state index in [1.54, 1.807) is 19.3 Å². The minimum absolute atomic E-state index is 0.141. The maximum absolute atomic E-state index is 12.4. The summed E-state index contributed by atoms with van der Waals surface area (Å²) in [6, 6.07) is 15.6. The smallest absolute Gasteiger partial charge is 0.248 e. The fourth-order valence-corrected chi connectivity index (χ4v) is 3.25. The zero-order chi connectivity index (χ0) is 19.1. The second-order valence-electron chi connectivity index (χ2n) is 6.54. The molecule has 0 bridgehead atoms. The molecule has 5 nitrogen and oxygen atoms in total. The normalized spacial score (nSPS) is 15.1. The first-order chi connectivity index (χ1) is 13.2. The highest BCUT2D eigenvalue weighted by Gasteiger charge is 2.18. The molecule has 1 saturated heterocycles. The summed E-state index contributed by atoms with van der Waals surface area (Å²) in [5.74, 6) is 0.631. The third kappa shape index (κ3) is 5.11. The van der Waals surface area contributed by atoms with E-state index in [0.29, 0.717) is 0 Å². The molecule has 0 unspecified atom stereocenters. The summed E-state index contributed by atoms with van der Waals surface area (Å²) in [6.45, 7) is 7.32. The minimum atomic E-state index is -0.141. The van der Waals surface area contributed by atoms with Crippen LogP contribution in [0.2, 0.25) is 0 Å². The molecule has 1 N–H and O–H groups in total. The van der Waals surface area contributed by atoms with Gasteiger partial charge in [0.25, 0.3) is 0 Å². The maximum atomic E-state index is 12.4. The van der Waals surface area contributed by atoms with Crippen molar-refractivity contribution >= 4 is 23.4 Å². The number of amides is 1. The van der Waals surface area contributed by atoms with Crippen LogP contribution in [0.5, 0.6) is 5.75 Å². The van der Waals surface area contributed by atoms with Crippen molar-refractivity contribution in [1.29, 1.82) is 0 Å². The van der Waals surface area contributed by atoms with Gasteiger partial charge in [0.15, 0.2) is 0 Å². The van der Waals surface area contributed by atoms with Crippen molar-refractivity contribution in [2.24, 2.45) is 0 Å². The fraction of sp³-hybridized carbons (Fsp3) is 0.318. The molecule has 1 heterocycles. The van der Waals surface area contributed by atoms with Crippen molar-refractivity contribution in [2.45, 2.75) is 6.92 Å². The standard InChI is InChI=1S/C22H27N3O2/c1-3-24-13-15-25(16-14-24)21-10-5-4-9-20(21)23-22(26)12-11-18-7-6-8-19(17-18)27-2/h4-12,17H,3,13-16H2,1-2H3,(H,23,26)/b12-11+. The van der Waals surface area contributed by atoms with Gasteiger partial charge in [-0.25, -0.2) is 0 Å². The Morgan fingerprint density at radius 1 is 1.11 bits per heavy atom. The highest BCUT2D eigenvalue weighted by atomic mass is 16.5. The van der Waals surface area contributed by atoms with E-state index in [4.69, 9.17) is 4.74 Å². The third-order valence-corrected chi connectivity index (χ3v) is 4.84. The summed E-state index contributed by atoms with van der Waals surface area (Å²) in [4.78, 5) is 17.2. The Hall–Kier alpha value is -2.79. The van der Waals surface area contributed by atoms with Gasteiger partial charge < -0.3 is 19.9 Å². The number of methoxy groups -OCH3 is 1. The van der Waals surface area contributed by atoms with Crippen LogP contribution in [0.1, 0.15) is 12.5 Å². The predicted molar refractivity (Wildman–Crippen MR) is 111 cm³/mol. The molecule has 0 spiro atoms. The molecule has 1 fully saturated rings. The maximum Gasteiger partial charge on any atom is 0.248 e. The number of ether oxygens (including phenoxy) is 1. The van der Waals surface area contributed by atoms with Crippen LogP contribution in [-0.4, -0.2) is 50.6 Å². The summed E-state index contributed by atoms with van der Waals surface area (Å²) >= 11 is 0. The summed E-state index contributed by atoms with van der Waals surface area (Å²) in [5, 5.41) is 3.02. The summed E-state index contributed by atoms with van der Waals surface area (Å²) < 4.78 is 5.21. The topological polar surface area (TPSA) is 44.8 Å². The van der Waals surface area contributed by atoms with E-state index in [9.17, 15) is 4.79 Å². The average Bonchev–Trinajstić information content (AvgIpc) is 2.73. The number of rotatable bonds is 6. The number of benzene rings is 2. The van der Waals surface area contributed by atoms with Gasteiger partial charge in [0, 0.05) is 32.3 Å². The highest BCUT2D eigenvalue weighted by molar-refractivity contribution is 6.03. The van der Waals surface area contributed by atoms with E-state index < -0.39 is 0 Å². The molecular formula is C22H27N3O2. The molecule has 1 amide bonds. The number of nitrogens with one attached hydrogen (secondary N) is 1. The van der Waals surface area contributed by atoms with Crippen LogP contribution in [0.15, 0.2) is 54.6 Å². The highest BCUT2D eigenvalue weighted by Crippen LogP contribution is 2.26. The monoisotopic (exact) mass is 365 g/mol. The number of piperazine rings is 1. The average molecular weight is 365 g/mol. The Balaban J connectivity index is 1.66. The Bertz CT molecular complexity index is 796. The summed E-state index contributed by atoms with van der Waals surface area (Å²) in [6.07, 6.45) is 3.35. The Morgan fingerprint density at radius 2 is 1.89 bits per heavy atom. The number of nitrogens with zero attached hydrogens (tertiary/aromatic N) is 2. The van der Waals surface area contributed by atoms with Gasteiger partial charge in [-0.3, -0.25) is 4.79 Å². The van der Waals surface area contributed by atoms with Crippen molar-refractivity contribution in [3.8, 4) is 5.75 Å². The molecule has 1 aliphatic rings. The SMILES string of the molecule is CCN1CCN(c2ccccc2NC(=O)/C=C/c2cccc(OC)c2)CC1. The van der Waals surface area contributed by atoms with Gasteiger partial charge in [-0.2, -0.15) is 0 Å². The van der Waals surface area contributed by atoms with Gasteiger partial charge in [0.2, 0.25) is 5.91 Å². The molecule has 27 heavy (non-hydrogen) atoms. The lowest BCUT2D eigenvalue weighted by molar-refractivity contribution is -0.111. The van der Waals surface area contributed by atoms with Crippen molar-refractivity contribution in [3.63, 3.8) is 0 Å². The zero-order valence-electron chi connectivity index (χ0n) is 16.0. The van der Waals surface area contributed by atoms with E-state index in [-0.39, 0.29) is 5.91 Å².